The number of non-ortho nitro benzene ring substituents is 1. The Morgan fingerprint density at radius 3 is 2.69 bits per heavy atom. The minimum Gasteiger partial charge on any atom is -0.452 e. The Labute approximate surface area is 188 Å². The number of halogens is 1. The van der Waals surface area contributed by atoms with Crippen molar-refractivity contribution in [2.45, 2.75) is 13.0 Å². The third-order valence-corrected chi connectivity index (χ3v) is 5.04. The van der Waals surface area contributed by atoms with E-state index in [9.17, 15) is 24.5 Å². The van der Waals surface area contributed by atoms with Crippen LogP contribution in [0.15, 0.2) is 42.5 Å². The molecule has 1 unspecified atom stereocenters. The zero-order valence-corrected chi connectivity index (χ0v) is 17.8. The van der Waals surface area contributed by atoms with Crippen LogP contribution < -0.4 is 5.32 Å². The molecule has 0 spiro atoms. The summed E-state index contributed by atoms with van der Waals surface area (Å²) in [6, 6.07) is 9.54. The van der Waals surface area contributed by atoms with E-state index >= 15 is 0 Å². The molecule has 1 heterocycles. The predicted octanol–water partition coefficient (Wildman–Crippen LogP) is 2.90. The third kappa shape index (κ3) is 5.59. The van der Waals surface area contributed by atoms with Crippen molar-refractivity contribution in [3.05, 3.63) is 68.7 Å². The molecule has 0 saturated carbocycles. The summed E-state index contributed by atoms with van der Waals surface area (Å²) in [6.45, 7) is 2.66. The molecule has 2 aromatic carbocycles. The van der Waals surface area contributed by atoms with E-state index in [1.165, 1.54) is 18.2 Å². The number of rotatable bonds is 6. The van der Waals surface area contributed by atoms with E-state index < -0.39 is 23.4 Å². The molecule has 1 saturated heterocycles. The van der Waals surface area contributed by atoms with Crippen LogP contribution in [0.2, 0.25) is 5.02 Å². The number of hydrogen-bond acceptors (Lipinski definition) is 7. The Kier molecular flexibility index (Phi) is 7.39. The van der Waals surface area contributed by atoms with Crippen LogP contribution in [-0.2, 0) is 14.3 Å². The highest BCUT2D eigenvalue weighted by Crippen LogP contribution is 2.24. The molecule has 0 radical (unpaired) electrons. The minimum atomic E-state index is -0.787. The predicted molar refractivity (Wildman–Crippen MR) is 115 cm³/mol. The molecule has 11 heteroatoms. The molecule has 1 atom stereocenters. The summed E-state index contributed by atoms with van der Waals surface area (Å²) < 4.78 is 10.5. The summed E-state index contributed by atoms with van der Waals surface area (Å²) in [6.07, 6.45) is -0.0921. The fourth-order valence-corrected chi connectivity index (χ4v) is 3.36. The van der Waals surface area contributed by atoms with E-state index in [0.29, 0.717) is 19.7 Å². The van der Waals surface area contributed by atoms with Gasteiger partial charge in [0.2, 0.25) is 0 Å². The minimum absolute atomic E-state index is 0.00273. The number of para-hydroxylation sites is 1. The van der Waals surface area contributed by atoms with Gasteiger partial charge in [0.1, 0.15) is 0 Å². The highest BCUT2D eigenvalue weighted by molar-refractivity contribution is 6.34. The number of benzene rings is 2. The number of nitro groups is 1. The van der Waals surface area contributed by atoms with Crippen molar-refractivity contribution in [3.8, 4) is 0 Å². The van der Waals surface area contributed by atoms with Gasteiger partial charge >= 0.3 is 5.97 Å². The quantitative estimate of drug-likeness (QED) is 0.398. The Balaban J connectivity index is 1.67. The van der Waals surface area contributed by atoms with Gasteiger partial charge in [0.15, 0.2) is 6.61 Å². The van der Waals surface area contributed by atoms with Crippen molar-refractivity contribution in [1.82, 2.24) is 4.90 Å². The monoisotopic (exact) mass is 461 g/mol. The second-order valence-electron chi connectivity index (χ2n) is 7.02. The first-order valence-electron chi connectivity index (χ1n) is 9.67. The third-order valence-electron chi connectivity index (χ3n) is 4.72. The van der Waals surface area contributed by atoms with Gasteiger partial charge in [0.05, 0.1) is 39.5 Å². The van der Waals surface area contributed by atoms with Gasteiger partial charge in [-0.05, 0) is 25.1 Å². The van der Waals surface area contributed by atoms with Gasteiger partial charge in [-0.15, -0.1) is 0 Å². The summed E-state index contributed by atoms with van der Waals surface area (Å²) in [5.41, 5.74) is -0.0710. The summed E-state index contributed by atoms with van der Waals surface area (Å²) in [5, 5.41) is 13.3. The molecule has 1 aliphatic rings. The molecule has 1 fully saturated rings. The average molecular weight is 462 g/mol. The molecule has 0 aromatic heterocycles. The highest BCUT2D eigenvalue weighted by atomic mass is 35.5. The molecule has 32 heavy (non-hydrogen) atoms. The Hall–Kier alpha value is -3.50. The molecule has 1 N–H and O–H groups in total. The maximum absolute atomic E-state index is 12.6. The van der Waals surface area contributed by atoms with E-state index in [-0.39, 0.29) is 39.5 Å². The number of carbonyl (C=O) groups is 3. The fourth-order valence-electron chi connectivity index (χ4n) is 3.10. The number of nitrogens with one attached hydrogen (secondary N) is 1. The summed E-state index contributed by atoms with van der Waals surface area (Å²) >= 11 is 6.00. The van der Waals surface area contributed by atoms with Crippen LogP contribution in [0.1, 0.15) is 27.6 Å². The Bertz CT molecular complexity index is 1060. The van der Waals surface area contributed by atoms with Crippen LogP contribution >= 0.6 is 11.6 Å². The topological polar surface area (TPSA) is 128 Å². The zero-order chi connectivity index (χ0) is 23.3. The molecule has 168 valence electrons. The number of carbonyl (C=O) groups excluding carboxylic acids is 3. The molecular formula is C21H20ClN3O7. The van der Waals surface area contributed by atoms with Crippen LogP contribution in [0.3, 0.4) is 0 Å². The van der Waals surface area contributed by atoms with Crippen molar-refractivity contribution >= 4 is 40.8 Å². The number of ether oxygens (including phenoxy) is 2. The maximum Gasteiger partial charge on any atom is 0.340 e. The van der Waals surface area contributed by atoms with Crippen molar-refractivity contribution in [2.75, 3.05) is 31.6 Å². The lowest BCUT2D eigenvalue weighted by Crippen LogP contribution is -2.46. The lowest BCUT2D eigenvalue weighted by atomic mass is 10.1. The maximum atomic E-state index is 12.6. The van der Waals surface area contributed by atoms with Crippen molar-refractivity contribution in [2.24, 2.45) is 0 Å². The van der Waals surface area contributed by atoms with Gasteiger partial charge in [-0.3, -0.25) is 19.7 Å². The number of nitro benzene ring substituents is 1. The van der Waals surface area contributed by atoms with Gasteiger partial charge < -0.3 is 19.7 Å². The normalized spacial score (nSPS) is 15.7. The second-order valence-corrected chi connectivity index (χ2v) is 7.43. The first-order valence-corrected chi connectivity index (χ1v) is 10.0. The second kappa shape index (κ2) is 10.2. The molecular weight excluding hydrogens is 442 g/mol. The standard InChI is InChI=1S/C21H20ClN3O7/c1-13-11-24(8-9-31-13)19(26)12-32-21(28)16-4-2-3-5-18(16)23-20(27)15-7-6-14(25(29)30)10-17(15)22/h2-7,10,13H,8-9,11-12H2,1H3,(H,23,27). The lowest BCUT2D eigenvalue weighted by molar-refractivity contribution is -0.384. The fraction of sp³-hybridized carbons (Fsp3) is 0.286. The van der Waals surface area contributed by atoms with Gasteiger partial charge in [0.25, 0.3) is 17.5 Å². The van der Waals surface area contributed by atoms with Gasteiger partial charge in [-0.1, -0.05) is 23.7 Å². The summed E-state index contributed by atoms with van der Waals surface area (Å²) in [7, 11) is 0. The number of nitrogens with zero attached hydrogens (tertiary/aromatic N) is 2. The van der Waals surface area contributed by atoms with E-state index in [1.54, 1.807) is 17.0 Å². The summed E-state index contributed by atoms with van der Waals surface area (Å²) in [5.74, 6) is -1.79. The van der Waals surface area contributed by atoms with Crippen LogP contribution in [0.5, 0.6) is 0 Å². The van der Waals surface area contributed by atoms with Crippen molar-refractivity contribution in [3.63, 3.8) is 0 Å². The van der Waals surface area contributed by atoms with Crippen molar-refractivity contribution in [1.29, 1.82) is 0 Å². The van der Waals surface area contributed by atoms with E-state index in [0.717, 1.165) is 12.1 Å². The Morgan fingerprint density at radius 2 is 2.00 bits per heavy atom. The van der Waals surface area contributed by atoms with Gasteiger partial charge in [-0.2, -0.15) is 0 Å². The van der Waals surface area contributed by atoms with Gasteiger partial charge in [-0.25, -0.2) is 4.79 Å². The molecule has 10 nitrogen and oxygen atoms in total. The lowest BCUT2D eigenvalue weighted by Gasteiger charge is -2.30. The average Bonchev–Trinajstić information content (AvgIpc) is 2.77. The van der Waals surface area contributed by atoms with Crippen molar-refractivity contribution < 1.29 is 28.8 Å². The molecule has 2 amide bonds. The van der Waals surface area contributed by atoms with Crippen LogP contribution in [-0.4, -0.2) is 60.0 Å². The largest absolute Gasteiger partial charge is 0.452 e. The first kappa shape index (κ1) is 23.2. The van der Waals surface area contributed by atoms with E-state index in [1.807, 2.05) is 6.92 Å². The zero-order valence-electron chi connectivity index (χ0n) is 17.1. The molecule has 1 aliphatic heterocycles. The SMILES string of the molecule is CC1CN(C(=O)COC(=O)c2ccccc2NC(=O)c2ccc([N+](=O)[O-])cc2Cl)CCO1. The molecule has 3 rings (SSSR count). The highest BCUT2D eigenvalue weighted by Gasteiger charge is 2.23. The smallest absolute Gasteiger partial charge is 0.340 e. The first-order chi connectivity index (χ1) is 15.3. The number of amides is 2. The van der Waals surface area contributed by atoms with E-state index in [2.05, 4.69) is 5.32 Å². The van der Waals surface area contributed by atoms with Crippen LogP contribution in [0, 0.1) is 10.1 Å². The Morgan fingerprint density at radius 1 is 1.25 bits per heavy atom. The number of morpholine rings is 1. The number of anilines is 1. The molecule has 2 aromatic rings. The van der Waals surface area contributed by atoms with Crippen LogP contribution in [0.4, 0.5) is 11.4 Å². The van der Waals surface area contributed by atoms with E-state index in [4.69, 9.17) is 21.1 Å². The number of esters is 1. The number of hydrogen-bond donors (Lipinski definition) is 1. The molecule has 0 aliphatic carbocycles. The summed E-state index contributed by atoms with van der Waals surface area (Å²) in [4.78, 5) is 49.2. The molecule has 0 bridgehead atoms. The van der Waals surface area contributed by atoms with Gasteiger partial charge in [0, 0.05) is 25.2 Å². The van der Waals surface area contributed by atoms with Crippen LogP contribution in [0.25, 0.3) is 0 Å².